The lowest BCUT2D eigenvalue weighted by atomic mass is 9.87. The number of carbonyl (C=O) groups excluding carboxylic acids is 3. The number of nitrogens with two attached hydrogens (primary N) is 1. The number of hydrogen-bond acceptors (Lipinski definition) is 15. The molecule has 0 aromatic carbocycles. The lowest BCUT2D eigenvalue weighted by Crippen LogP contribution is -2.45. The Labute approximate surface area is 247 Å². The van der Waals surface area contributed by atoms with Gasteiger partial charge in [-0.25, -0.2) is 14.3 Å². The predicted molar refractivity (Wildman–Crippen MR) is 145 cm³/mol. The first-order valence-electron chi connectivity index (χ1n) is 13.6. The molecule has 4 N–H and O–H groups in total. The van der Waals surface area contributed by atoms with Crippen molar-refractivity contribution in [1.82, 2.24) is 14.6 Å². The number of ether oxygens (including phenoxy) is 6. The number of rotatable bonds is 10. The molecule has 2 aromatic heterocycles. The molecule has 7 atom stereocenters. The summed E-state index contributed by atoms with van der Waals surface area (Å²) < 4.78 is 33.0. The first-order valence-corrected chi connectivity index (χ1v) is 13.6. The molecule has 0 amide bonds. The second-order valence-corrected chi connectivity index (χ2v) is 11.7. The van der Waals surface area contributed by atoms with Crippen molar-refractivity contribution in [3.8, 4) is 6.07 Å². The van der Waals surface area contributed by atoms with Crippen LogP contribution in [0.1, 0.15) is 47.2 Å². The number of carbonyl (C=O) groups is 3. The van der Waals surface area contributed by atoms with Gasteiger partial charge >= 0.3 is 18.1 Å². The summed E-state index contributed by atoms with van der Waals surface area (Å²) in [7, 11) is 0. The van der Waals surface area contributed by atoms with E-state index in [1.54, 1.807) is 26.8 Å². The van der Waals surface area contributed by atoms with Gasteiger partial charge in [-0.3, -0.25) is 9.59 Å². The standard InChI is InChI=1S/C27H36N6O10/c1-13(2)18-23(41-18)32-22-15-7-8-17(33(15)31-11-30-22)27(10-28)21(35)19(42-25(37)40-12-39-14(3)34)16(43-27)9-38-24(36)20(29)26(4,5)6/h7-8,11,13,16,18-21,23,35H,9,12,29H2,1-6H3,(H,30,31,32)/t16-,18?,19-,20-,21-,23?,27+/m1/s1. The number of nitriles is 1. The normalized spacial score (nSPS) is 27.3. The molecular formula is C27H36N6O10. The fourth-order valence-electron chi connectivity index (χ4n) is 4.56. The summed E-state index contributed by atoms with van der Waals surface area (Å²) in [6, 6.07) is 4.11. The molecule has 2 saturated heterocycles. The fourth-order valence-corrected chi connectivity index (χ4v) is 4.56. The lowest BCUT2D eigenvalue weighted by molar-refractivity contribution is -0.155. The summed E-state index contributed by atoms with van der Waals surface area (Å²) in [5.41, 5.74) is 3.75. The zero-order chi connectivity index (χ0) is 31.7. The SMILES string of the molecule is CC(=O)OCOC(=O)O[C@H]1[C@@H](O)[C@](C#N)(c2ccc3c(NC4OC4C(C)C)ncnn23)O[C@@H]1COC(=O)[C@@H](N)C(C)(C)C. The maximum Gasteiger partial charge on any atom is 0.511 e. The maximum absolute atomic E-state index is 12.6. The molecule has 2 fully saturated rings. The molecule has 43 heavy (non-hydrogen) atoms. The molecule has 2 unspecified atom stereocenters. The van der Waals surface area contributed by atoms with Crippen LogP contribution in [0, 0.1) is 22.7 Å². The number of fused-ring (bicyclic) bond motifs is 1. The molecule has 2 aromatic rings. The van der Waals surface area contributed by atoms with Gasteiger partial charge in [0.15, 0.2) is 18.1 Å². The summed E-state index contributed by atoms with van der Waals surface area (Å²) in [4.78, 5) is 40.4. The molecule has 4 heterocycles. The van der Waals surface area contributed by atoms with E-state index in [0.717, 1.165) is 6.92 Å². The number of epoxide rings is 1. The third-order valence-electron chi connectivity index (χ3n) is 7.14. The molecule has 16 heteroatoms. The minimum absolute atomic E-state index is 0.00302. The molecule has 16 nitrogen and oxygen atoms in total. The Kier molecular flexibility index (Phi) is 9.11. The van der Waals surface area contributed by atoms with Gasteiger partial charge in [0, 0.05) is 6.92 Å². The second kappa shape index (κ2) is 12.3. The van der Waals surface area contributed by atoms with Crippen molar-refractivity contribution in [2.75, 3.05) is 18.7 Å². The quantitative estimate of drug-likeness (QED) is 0.149. The molecule has 0 bridgehead atoms. The molecule has 4 rings (SSSR count). The van der Waals surface area contributed by atoms with E-state index in [1.807, 2.05) is 19.9 Å². The molecule has 2 aliphatic heterocycles. The summed E-state index contributed by atoms with van der Waals surface area (Å²) in [6.07, 6.45) is -5.06. The molecule has 2 aliphatic rings. The molecule has 0 saturated carbocycles. The largest absolute Gasteiger partial charge is 0.511 e. The average molecular weight is 605 g/mol. The first-order chi connectivity index (χ1) is 20.2. The van der Waals surface area contributed by atoms with Crippen LogP contribution in [0.15, 0.2) is 18.5 Å². The zero-order valence-electron chi connectivity index (χ0n) is 24.7. The summed E-state index contributed by atoms with van der Waals surface area (Å²) in [5, 5.41) is 29.3. The van der Waals surface area contributed by atoms with Crippen molar-refractivity contribution in [2.24, 2.45) is 17.1 Å². The smallest absolute Gasteiger partial charge is 0.462 e. The highest BCUT2D eigenvalue weighted by molar-refractivity contribution is 5.76. The Morgan fingerprint density at radius 2 is 1.98 bits per heavy atom. The number of aromatic nitrogens is 3. The van der Waals surface area contributed by atoms with E-state index >= 15 is 0 Å². The monoisotopic (exact) mass is 604 g/mol. The van der Waals surface area contributed by atoms with Gasteiger partial charge in [-0.1, -0.05) is 34.6 Å². The second-order valence-electron chi connectivity index (χ2n) is 11.7. The minimum atomic E-state index is -2.15. The predicted octanol–water partition coefficient (Wildman–Crippen LogP) is 0.960. The summed E-state index contributed by atoms with van der Waals surface area (Å²) in [5.74, 6) is -0.777. The van der Waals surface area contributed by atoms with Gasteiger partial charge < -0.3 is 44.6 Å². The van der Waals surface area contributed by atoms with Crippen LogP contribution >= 0.6 is 0 Å². The number of aliphatic hydroxyl groups excluding tert-OH is 1. The Balaban J connectivity index is 1.62. The number of anilines is 1. The van der Waals surface area contributed by atoms with Crippen LogP contribution in [-0.2, 0) is 43.6 Å². The van der Waals surface area contributed by atoms with E-state index in [-0.39, 0.29) is 23.9 Å². The summed E-state index contributed by atoms with van der Waals surface area (Å²) >= 11 is 0. The van der Waals surface area contributed by atoms with Crippen molar-refractivity contribution >= 4 is 29.4 Å². The first kappa shape index (κ1) is 31.9. The molecule has 0 spiro atoms. The van der Waals surface area contributed by atoms with Gasteiger partial charge in [0.1, 0.15) is 48.9 Å². The Bertz CT molecular complexity index is 1400. The topological polar surface area (TPSA) is 222 Å². The van der Waals surface area contributed by atoms with Gasteiger partial charge in [-0.15, -0.1) is 0 Å². The van der Waals surface area contributed by atoms with Crippen LogP contribution in [0.5, 0.6) is 0 Å². The minimum Gasteiger partial charge on any atom is -0.462 e. The van der Waals surface area contributed by atoms with E-state index in [9.17, 15) is 24.8 Å². The van der Waals surface area contributed by atoms with Crippen molar-refractivity contribution in [3.05, 3.63) is 24.2 Å². The number of esters is 2. The Morgan fingerprint density at radius 1 is 1.26 bits per heavy atom. The number of aliphatic hydroxyl groups is 1. The van der Waals surface area contributed by atoms with E-state index in [0.29, 0.717) is 11.3 Å². The van der Waals surface area contributed by atoms with Gasteiger partial charge in [0.05, 0.1) is 5.69 Å². The summed E-state index contributed by atoms with van der Waals surface area (Å²) in [6.45, 7) is 9.14. The highest BCUT2D eigenvalue weighted by Gasteiger charge is 2.60. The van der Waals surface area contributed by atoms with Gasteiger partial charge in [-0.05, 0) is 23.5 Å². The van der Waals surface area contributed by atoms with Gasteiger partial charge in [0.2, 0.25) is 12.4 Å². The maximum atomic E-state index is 12.6. The molecular weight excluding hydrogens is 568 g/mol. The molecule has 0 aliphatic carbocycles. The van der Waals surface area contributed by atoms with Crippen LogP contribution in [0.2, 0.25) is 0 Å². The van der Waals surface area contributed by atoms with Crippen LogP contribution < -0.4 is 11.1 Å². The van der Waals surface area contributed by atoms with E-state index in [2.05, 4.69) is 20.1 Å². The number of hydrogen-bond donors (Lipinski definition) is 3. The highest BCUT2D eigenvalue weighted by Crippen LogP contribution is 2.42. The van der Waals surface area contributed by atoms with E-state index in [4.69, 9.17) is 29.4 Å². The zero-order valence-corrected chi connectivity index (χ0v) is 24.7. The van der Waals surface area contributed by atoms with Crippen molar-refractivity contribution in [2.45, 2.75) is 83.8 Å². The molecule has 0 radical (unpaired) electrons. The van der Waals surface area contributed by atoms with Crippen LogP contribution in [0.25, 0.3) is 5.52 Å². The van der Waals surface area contributed by atoms with Crippen molar-refractivity contribution < 1.29 is 47.9 Å². The van der Waals surface area contributed by atoms with Crippen LogP contribution in [0.3, 0.4) is 0 Å². The number of nitrogens with zero attached hydrogens (tertiary/aromatic N) is 4. The fraction of sp³-hybridized carbons (Fsp3) is 0.630. The van der Waals surface area contributed by atoms with E-state index in [1.165, 1.54) is 16.9 Å². The Morgan fingerprint density at radius 3 is 2.58 bits per heavy atom. The van der Waals surface area contributed by atoms with Crippen molar-refractivity contribution in [3.63, 3.8) is 0 Å². The van der Waals surface area contributed by atoms with Gasteiger partial charge in [-0.2, -0.15) is 10.4 Å². The average Bonchev–Trinajstić information content (AvgIpc) is 3.49. The lowest BCUT2D eigenvalue weighted by Gasteiger charge is -2.26. The van der Waals surface area contributed by atoms with Crippen LogP contribution in [0.4, 0.5) is 10.6 Å². The third kappa shape index (κ3) is 6.64. The number of nitrogens with one attached hydrogen (secondary N) is 1. The van der Waals surface area contributed by atoms with Crippen molar-refractivity contribution in [1.29, 1.82) is 5.26 Å². The van der Waals surface area contributed by atoms with Gasteiger partial charge in [0.25, 0.3) is 0 Å². The third-order valence-corrected chi connectivity index (χ3v) is 7.14. The highest BCUT2D eigenvalue weighted by atomic mass is 16.8. The van der Waals surface area contributed by atoms with Crippen LogP contribution in [-0.4, -0.2) is 87.9 Å². The Hall–Kier alpha value is -4.04. The molecule has 234 valence electrons. The van der Waals surface area contributed by atoms with E-state index < -0.39 is 66.9 Å².